The summed E-state index contributed by atoms with van der Waals surface area (Å²) in [7, 11) is 0. The van der Waals surface area contributed by atoms with E-state index in [4.69, 9.17) is 38.4 Å². The number of esters is 1. The van der Waals surface area contributed by atoms with Crippen molar-refractivity contribution in [2.24, 2.45) is 5.73 Å². The van der Waals surface area contributed by atoms with Crippen molar-refractivity contribution < 1.29 is 19.1 Å². The van der Waals surface area contributed by atoms with Gasteiger partial charge in [0, 0.05) is 33.3 Å². The summed E-state index contributed by atoms with van der Waals surface area (Å²) in [6, 6.07) is 21.7. The van der Waals surface area contributed by atoms with Gasteiger partial charge in [0.05, 0.1) is 6.54 Å². The van der Waals surface area contributed by atoms with Crippen LogP contribution in [0.15, 0.2) is 72.8 Å². The van der Waals surface area contributed by atoms with E-state index in [0.29, 0.717) is 26.9 Å². The average molecular weight is 485 g/mol. The molecule has 1 aliphatic heterocycles. The van der Waals surface area contributed by atoms with Gasteiger partial charge in [0.1, 0.15) is 12.2 Å². The predicted octanol–water partition coefficient (Wildman–Crippen LogP) is 4.53. The normalized spacial score (nSPS) is 18.6. The van der Waals surface area contributed by atoms with Crippen LogP contribution in [0.1, 0.15) is 22.8 Å². The van der Waals surface area contributed by atoms with E-state index in [9.17, 15) is 9.59 Å². The molecule has 3 aromatic carbocycles. The van der Waals surface area contributed by atoms with Crippen LogP contribution in [0.2, 0.25) is 10.0 Å². The summed E-state index contributed by atoms with van der Waals surface area (Å²) in [5, 5.41) is 3.84. The van der Waals surface area contributed by atoms with E-state index in [1.165, 1.54) is 0 Å². The van der Waals surface area contributed by atoms with Gasteiger partial charge in [-0.3, -0.25) is 9.59 Å². The number of hydrogen-bond acceptors (Lipinski definition) is 5. The summed E-state index contributed by atoms with van der Waals surface area (Å²) in [6.07, 6.45) is -2.52. The first-order valence-corrected chi connectivity index (χ1v) is 11.2. The number of anilines is 1. The molecule has 33 heavy (non-hydrogen) atoms. The fourth-order valence-electron chi connectivity index (χ4n) is 3.81. The van der Waals surface area contributed by atoms with Gasteiger partial charge in [-0.15, -0.1) is 0 Å². The molecule has 1 unspecified atom stereocenters. The van der Waals surface area contributed by atoms with E-state index in [0.717, 1.165) is 5.56 Å². The Morgan fingerprint density at radius 1 is 1.03 bits per heavy atom. The van der Waals surface area contributed by atoms with Gasteiger partial charge < -0.3 is 20.5 Å². The fourth-order valence-corrected chi connectivity index (χ4v) is 4.22. The summed E-state index contributed by atoms with van der Waals surface area (Å²) >= 11 is 12.8. The van der Waals surface area contributed by atoms with Gasteiger partial charge in [0.25, 0.3) is 5.91 Å². The molecule has 3 atom stereocenters. The minimum atomic E-state index is -1.13. The Morgan fingerprint density at radius 2 is 1.76 bits per heavy atom. The average Bonchev–Trinajstić information content (AvgIpc) is 2.95. The van der Waals surface area contributed by atoms with Gasteiger partial charge in [-0.05, 0) is 29.8 Å². The molecule has 0 aliphatic carbocycles. The van der Waals surface area contributed by atoms with Crippen LogP contribution < -0.4 is 11.1 Å². The lowest BCUT2D eigenvalue weighted by molar-refractivity contribution is -0.162. The van der Waals surface area contributed by atoms with Crippen molar-refractivity contribution in [3.8, 4) is 0 Å². The van der Waals surface area contributed by atoms with Crippen molar-refractivity contribution in [1.82, 2.24) is 0 Å². The first-order chi connectivity index (χ1) is 16.0. The van der Waals surface area contributed by atoms with Crippen LogP contribution in [-0.2, 0) is 25.5 Å². The van der Waals surface area contributed by atoms with Crippen molar-refractivity contribution in [2.45, 2.75) is 24.7 Å². The molecule has 0 fully saturated rings. The zero-order chi connectivity index (χ0) is 23.4. The molecule has 0 aromatic heterocycles. The van der Waals surface area contributed by atoms with Crippen molar-refractivity contribution in [3.63, 3.8) is 0 Å². The Hall–Kier alpha value is -2.90. The number of hydrogen-bond donors (Lipinski definition) is 2. The van der Waals surface area contributed by atoms with Gasteiger partial charge in [-0.1, -0.05) is 71.7 Å². The van der Waals surface area contributed by atoms with E-state index < -0.39 is 30.2 Å². The molecule has 0 saturated carbocycles. The lowest BCUT2D eigenvalue weighted by atomic mass is 9.99. The molecule has 4 rings (SSSR count). The van der Waals surface area contributed by atoms with Crippen molar-refractivity contribution in [2.75, 3.05) is 11.9 Å². The zero-order valence-corrected chi connectivity index (χ0v) is 19.1. The number of carbonyl (C=O) groups is 2. The summed E-state index contributed by atoms with van der Waals surface area (Å²) < 4.78 is 12.0. The van der Waals surface area contributed by atoms with E-state index >= 15 is 0 Å². The zero-order valence-electron chi connectivity index (χ0n) is 17.5. The second-order valence-corrected chi connectivity index (χ2v) is 8.44. The SMILES string of the molecule is NCC(=O)OC(Cc1ccccc1)[C@@H]1O[C@@H](c2ccccc2Cl)c2cc(Cl)ccc2NC1=O. The quantitative estimate of drug-likeness (QED) is 0.501. The van der Waals surface area contributed by atoms with Gasteiger partial charge >= 0.3 is 5.97 Å². The molecule has 170 valence electrons. The number of nitrogens with two attached hydrogens (primary N) is 1. The molecule has 0 radical (unpaired) electrons. The number of ether oxygens (including phenoxy) is 2. The first kappa shape index (κ1) is 23.3. The van der Waals surface area contributed by atoms with Crippen LogP contribution in [0.5, 0.6) is 0 Å². The van der Waals surface area contributed by atoms with Crippen LogP contribution in [0, 0.1) is 0 Å². The fraction of sp³-hybridized carbons (Fsp3) is 0.200. The molecule has 1 heterocycles. The molecule has 1 amide bonds. The van der Waals surface area contributed by atoms with Crippen LogP contribution in [0.3, 0.4) is 0 Å². The van der Waals surface area contributed by atoms with Crippen LogP contribution in [0.4, 0.5) is 5.69 Å². The maximum absolute atomic E-state index is 13.3. The van der Waals surface area contributed by atoms with E-state index in [2.05, 4.69) is 5.32 Å². The number of amides is 1. The van der Waals surface area contributed by atoms with Crippen molar-refractivity contribution >= 4 is 40.8 Å². The summed E-state index contributed by atoms with van der Waals surface area (Å²) in [5.41, 5.74) is 8.21. The second-order valence-electron chi connectivity index (χ2n) is 7.60. The number of nitrogens with one attached hydrogen (secondary N) is 1. The first-order valence-electron chi connectivity index (χ1n) is 10.4. The summed E-state index contributed by atoms with van der Waals surface area (Å²) in [5.74, 6) is -1.08. The number of rotatable bonds is 6. The van der Waals surface area contributed by atoms with Crippen molar-refractivity contribution in [3.05, 3.63) is 99.5 Å². The van der Waals surface area contributed by atoms with Crippen LogP contribution in [-0.4, -0.2) is 30.6 Å². The Labute approximate surface area is 201 Å². The Bertz CT molecular complexity index is 1160. The number of benzene rings is 3. The topological polar surface area (TPSA) is 90.7 Å². The van der Waals surface area contributed by atoms with E-state index in [1.807, 2.05) is 48.5 Å². The number of carbonyl (C=O) groups excluding carboxylic acids is 2. The van der Waals surface area contributed by atoms with Gasteiger partial charge in [-0.2, -0.15) is 0 Å². The highest BCUT2D eigenvalue weighted by atomic mass is 35.5. The minimum absolute atomic E-state index is 0.261. The number of fused-ring (bicyclic) bond motifs is 1. The maximum atomic E-state index is 13.3. The molecule has 0 saturated heterocycles. The van der Waals surface area contributed by atoms with Crippen LogP contribution in [0.25, 0.3) is 0 Å². The Kier molecular flexibility index (Phi) is 7.30. The molecule has 6 nitrogen and oxygen atoms in total. The molecular formula is C25H22Cl2N2O4. The molecule has 1 aliphatic rings. The highest BCUT2D eigenvalue weighted by molar-refractivity contribution is 6.31. The van der Waals surface area contributed by atoms with Gasteiger partial charge in [-0.25, -0.2) is 0 Å². The monoisotopic (exact) mass is 484 g/mol. The second kappa shape index (κ2) is 10.4. The van der Waals surface area contributed by atoms with Crippen molar-refractivity contribution in [1.29, 1.82) is 0 Å². The maximum Gasteiger partial charge on any atom is 0.320 e. The summed E-state index contributed by atoms with van der Waals surface area (Å²) in [6.45, 7) is -0.316. The number of halogens is 2. The van der Waals surface area contributed by atoms with Gasteiger partial charge in [0.15, 0.2) is 6.10 Å². The molecule has 0 bridgehead atoms. The molecule has 3 aromatic rings. The smallest absolute Gasteiger partial charge is 0.320 e. The lowest BCUT2D eigenvalue weighted by Gasteiger charge is -2.28. The third-order valence-electron chi connectivity index (χ3n) is 5.35. The lowest BCUT2D eigenvalue weighted by Crippen LogP contribution is -2.44. The van der Waals surface area contributed by atoms with Crippen LogP contribution >= 0.6 is 23.2 Å². The highest BCUT2D eigenvalue weighted by Crippen LogP contribution is 2.40. The largest absolute Gasteiger partial charge is 0.458 e. The highest BCUT2D eigenvalue weighted by Gasteiger charge is 2.39. The third kappa shape index (κ3) is 5.37. The molecular weight excluding hydrogens is 463 g/mol. The standard InChI is InChI=1S/C25H22Cl2N2O4/c26-16-10-11-20-18(13-16)23(17-8-4-5-9-19(17)27)33-24(25(31)29-20)21(32-22(30)14-28)12-15-6-2-1-3-7-15/h1-11,13,21,23-24H,12,14,28H2,(H,29,31)/t21?,23-,24-/m0/s1. The van der Waals surface area contributed by atoms with E-state index in [-0.39, 0.29) is 13.0 Å². The third-order valence-corrected chi connectivity index (χ3v) is 5.93. The molecule has 8 heteroatoms. The Balaban J connectivity index is 1.77. The Morgan fingerprint density at radius 3 is 2.48 bits per heavy atom. The molecule has 0 spiro atoms. The van der Waals surface area contributed by atoms with E-state index in [1.54, 1.807) is 24.3 Å². The predicted molar refractivity (Wildman–Crippen MR) is 127 cm³/mol. The van der Waals surface area contributed by atoms with Gasteiger partial charge in [0.2, 0.25) is 0 Å². The molecule has 3 N–H and O–H groups in total. The summed E-state index contributed by atoms with van der Waals surface area (Å²) in [4.78, 5) is 25.4. The minimum Gasteiger partial charge on any atom is -0.458 e.